The normalized spacial score (nSPS) is 19.4. The minimum atomic E-state index is -1.28. The third-order valence-electron chi connectivity index (χ3n) is 5.34. The van der Waals surface area contributed by atoms with Crippen LogP contribution in [0.15, 0.2) is 60.7 Å². The Kier molecular flexibility index (Phi) is 6.37. The summed E-state index contributed by atoms with van der Waals surface area (Å²) in [7, 11) is 0. The molecule has 0 spiro atoms. The molecule has 1 heterocycles. The van der Waals surface area contributed by atoms with E-state index in [1.165, 1.54) is 0 Å². The zero-order valence-corrected chi connectivity index (χ0v) is 15.4. The summed E-state index contributed by atoms with van der Waals surface area (Å²) >= 11 is 0. The molecule has 0 radical (unpaired) electrons. The van der Waals surface area contributed by atoms with Crippen molar-refractivity contribution in [2.45, 2.75) is 43.6 Å². The second-order valence-corrected chi connectivity index (χ2v) is 7.43. The van der Waals surface area contributed by atoms with Crippen LogP contribution < -0.4 is 5.73 Å². The molecule has 2 aromatic rings. The molecule has 3 rings (SSSR count). The first-order valence-corrected chi connectivity index (χ1v) is 9.46. The molecule has 2 unspecified atom stereocenters. The molecule has 1 saturated heterocycles. The van der Waals surface area contributed by atoms with Gasteiger partial charge in [0.2, 0.25) is 0 Å². The number of hydrogen-bond donors (Lipinski definition) is 2. The number of nitrogens with two attached hydrogens (primary N) is 1. The fourth-order valence-corrected chi connectivity index (χ4v) is 3.66. The van der Waals surface area contributed by atoms with Crippen LogP contribution in [0.2, 0.25) is 0 Å². The van der Waals surface area contributed by atoms with E-state index in [4.69, 9.17) is 5.73 Å². The molecule has 2 aromatic carbocycles. The number of likely N-dealkylation sites (tertiary alicyclic amines) is 1. The molecule has 0 saturated carbocycles. The molecule has 0 aromatic heterocycles. The third kappa shape index (κ3) is 5.22. The minimum Gasteiger partial charge on any atom is -0.389 e. The van der Waals surface area contributed by atoms with Gasteiger partial charge >= 0.3 is 0 Å². The number of rotatable bonds is 7. The number of benzene rings is 2. The van der Waals surface area contributed by atoms with E-state index < -0.39 is 17.9 Å². The average molecular weight is 370 g/mol. The Balaban J connectivity index is 1.51. The number of halogens is 1. The van der Waals surface area contributed by atoms with Gasteiger partial charge in [0.1, 0.15) is 0 Å². The van der Waals surface area contributed by atoms with Crippen molar-refractivity contribution >= 4 is 5.78 Å². The molecule has 144 valence electrons. The van der Waals surface area contributed by atoms with Crippen LogP contribution in [0, 0.1) is 0 Å². The quantitative estimate of drug-likeness (QED) is 0.581. The summed E-state index contributed by atoms with van der Waals surface area (Å²) in [4.78, 5) is 14.0. The van der Waals surface area contributed by atoms with Crippen molar-refractivity contribution in [1.29, 1.82) is 0 Å². The van der Waals surface area contributed by atoms with E-state index in [1.807, 2.05) is 36.4 Å². The predicted octanol–water partition coefficient (Wildman–Crippen LogP) is 2.95. The van der Waals surface area contributed by atoms with Crippen LogP contribution in [-0.2, 0) is 6.42 Å². The lowest BCUT2D eigenvalue weighted by Gasteiger charge is -2.40. The molecule has 4 nitrogen and oxygen atoms in total. The van der Waals surface area contributed by atoms with Crippen molar-refractivity contribution < 1.29 is 14.3 Å². The first-order valence-electron chi connectivity index (χ1n) is 9.46. The molecule has 5 heteroatoms. The Hall–Kier alpha value is -2.08. The topological polar surface area (TPSA) is 66.6 Å². The summed E-state index contributed by atoms with van der Waals surface area (Å²) in [5.74, 6) is -0.240. The van der Waals surface area contributed by atoms with Gasteiger partial charge in [0.15, 0.2) is 12.1 Å². The molecule has 3 N–H and O–H groups in total. The third-order valence-corrected chi connectivity index (χ3v) is 5.34. The fourth-order valence-electron chi connectivity index (χ4n) is 3.66. The van der Waals surface area contributed by atoms with E-state index in [0.717, 1.165) is 5.56 Å². The zero-order valence-electron chi connectivity index (χ0n) is 15.4. The molecular weight excluding hydrogens is 343 g/mol. The summed E-state index contributed by atoms with van der Waals surface area (Å²) in [5, 5.41) is 10.8. The van der Waals surface area contributed by atoms with Crippen LogP contribution in [0.1, 0.15) is 35.2 Å². The van der Waals surface area contributed by atoms with Crippen molar-refractivity contribution in [3.05, 3.63) is 71.8 Å². The van der Waals surface area contributed by atoms with Crippen molar-refractivity contribution in [2.24, 2.45) is 5.73 Å². The van der Waals surface area contributed by atoms with Gasteiger partial charge in [-0.3, -0.25) is 9.69 Å². The smallest absolute Gasteiger partial charge is 0.179 e. The van der Waals surface area contributed by atoms with Gasteiger partial charge in [-0.05, 0) is 18.4 Å². The number of carbonyl (C=O) groups is 1. The molecule has 0 bridgehead atoms. The van der Waals surface area contributed by atoms with Crippen LogP contribution >= 0.6 is 0 Å². The Labute approximate surface area is 159 Å². The van der Waals surface area contributed by atoms with Gasteiger partial charge < -0.3 is 10.8 Å². The molecule has 1 aliphatic rings. The van der Waals surface area contributed by atoms with Crippen LogP contribution in [0.25, 0.3) is 0 Å². The van der Waals surface area contributed by atoms with Gasteiger partial charge in [-0.15, -0.1) is 0 Å². The largest absolute Gasteiger partial charge is 0.389 e. The highest BCUT2D eigenvalue weighted by molar-refractivity contribution is 5.99. The molecule has 2 atom stereocenters. The molecular formula is C22H27FN2O2. The van der Waals surface area contributed by atoms with Gasteiger partial charge in [0.25, 0.3) is 0 Å². The van der Waals surface area contributed by atoms with E-state index in [-0.39, 0.29) is 12.2 Å². The average Bonchev–Trinajstić information content (AvgIpc) is 2.69. The molecule has 0 amide bonds. The van der Waals surface area contributed by atoms with Gasteiger partial charge in [-0.25, -0.2) is 4.39 Å². The fraction of sp³-hybridized carbons (Fsp3) is 0.409. The number of hydrogen-bond acceptors (Lipinski definition) is 4. The highest BCUT2D eigenvalue weighted by Gasteiger charge is 2.35. The Bertz CT molecular complexity index is 730. The first kappa shape index (κ1) is 19.7. The number of carbonyl (C=O) groups excluding carboxylic acids is 1. The SMILES string of the molecule is NC(CC(F)N1CCC(O)(Cc2ccccc2)CC1)C(=O)c1ccccc1. The van der Waals surface area contributed by atoms with Gasteiger partial charge in [0, 0.05) is 31.5 Å². The second-order valence-electron chi connectivity index (χ2n) is 7.43. The number of nitrogens with zero attached hydrogens (tertiary/aromatic N) is 1. The Morgan fingerprint density at radius 1 is 1.07 bits per heavy atom. The lowest BCUT2D eigenvalue weighted by Crippen LogP contribution is -2.49. The van der Waals surface area contributed by atoms with Crippen LogP contribution in [-0.4, -0.2) is 46.8 Å². The zero-order chi connectivity index (χ0) is 19.3. The lowest BCUT2D eigenvalue weighted by molar-refractivity contribution is -0.0517. The van der Waals surface area contributed by atoms with Crippen molar-refractivity contribution in [1.82, 2.24) is 4.90 Å². The highest BCUT2D eigenvalue weighted by atomic mass is 19.1. The van der Waals surface area contributed by atoms with Gasteiger partial charge in [-0.2, -0.15) is 0 Å². The maximum Gasteiger partial charge on any atom is 0.179 e. The highest BCUT2D eigenvalue weighted by Crippen LogP contribution is 2.28. The van der Waals surface area contributed by atoms with E-state index in [0.29, 0.717) is 37.9 Å². The predicted molar refractivity (Wildman–Crippen MR) is 104 cm³/mol. The summed E-state index contributed by atoms with van der Waals surface area (Å²) < 4.78 is 14.7. The van der Waals surface area contributed by atoms with E-state index >= 15 is 0 Å². The standard InChI is InChI=1S/C22H27FN2O2/c23-20(15-19(24)21(26)18-9-5-2-6-10-18)25-13-11-22(27,12-14-25)16-17-7-3-1-4-8-17/h1-10,19-20,27H,11-16,24H2. The minimum absolute atomic E-state index is 0.0369. The summed E-state index contributed by atoms with van der Waals surface area (Å²) in [6, 6.07) is 17.7. The van der Waals surface area contributed by atoms with Crippen LogP contribution in [0.5, 0.6) is 0 Å². The summed E-state index contributed by atoms with van der Waals surface area (Å²) in [6.45, 7) is 0.910. The van der Waals surface area contributed by atoms with Crippen molar-refractivity contribution in [3.63, 3.8) is 0 Å². The van der Waals surface area contributed by atoms with E-state index in [9.17, 15) is 14.3 Å². The van der Waals surface area contributed by atoms with Crippen LogP contribution in [0.3, 0.4) is 0 Å². The second kappa shape index (κ2) is 8.74. The van der Waals surface area contributed by atoms with Crippen LogP contribution in [0.4, 0.5) is 4.39 Å². The Morgan fingerprint density at radius 2 is 1.63 bits per heavy atom. The summed E-state index contributed by atoms with van der Waals surface area (Å²) in [5.41, 5.74) is 6.73. The molecule has 0 aliphatic carbocycles. The van der Waals surface area contributed by atoms with E-state index in [1.54, 1.807) is 29.2 Å². The Morgan fingerprint density at radius 3 is 2.22 bits per heavy atom. The number of piperidine rings is 1. The van der Waals surface area contributed by atoms with E-state index in [2.05, 4.69) is 0 Å². The van der Waals surface area contributed by atoms with Crippen molar-refractivity contribution in [3.8, 4) is 0 Å². The molecule has 1 aliphatic heterocycles. The lowest BCUT2D eigenvalue weighted by atomic mass is 9.85. The monoisotopic (exact) mass is 370 g/mol. The van der Waals surface area contributed by atoms with Gasteiger partial charge in [-0.1, -0.05) is 60.7 Å². The number of aliphatic hydroxyl groups is 1. The number of Topliss-reactive ketones (excluding diaryl/α,β-unsaturated/α-hetero) is 1. The maximum absolute atomic E-state index is 14.7. The maximum atomic E-state index is 14.7. The molecule has 1 fully saturated rings. The van der Waals surface area contributed by atoms with Gasteiger partial charge in [0.05, 0.1) is 11.6 Å². The first-order chi connectivity index (χ1) is 13.0. The number of ketones is 1. The van der Waals surface area contributed by atoms with Crippen molar-refractivity contribution in [2.75, 3.05) is 13.1 Å². The molecule has 27 heavy (non-hydrogen) atoms. The summed E-state index contributed by atoms with van der Waals surface area (Å²) in [6.07, 6.45) is 0.262. The number of alkyl halides is 1.